The predicted molar refractivity (Wildman–Crippen MR) is 126 cm³/mol. The van der Waals surface area contributed by atoms with Gasteiger partial charge in [0.15, 0.2) is 8.32 Å². The first-order chi connectivity index (χ1) is 14.9. The fraction of sp³-hybridized carbons (Fsp3) is 0.222. The Morgan fingerprint density at radius 1 is 0.839 bits per heavy atom. The third kappa shape index (κ3) is 3.36. The molecule has 0 saturated carbocycles. The number of carbonyl (C=O) groups is 1. The van der Waals surface area contributed by atoms with Crippen LogP contribution in [0.25, 0.3) is 12.2 Å². The van der Waals surface area contributed by atoms with Gasteiger partial charge >= 0.3 is 5.97 Å². The lowest BCUT2D eigenvalue weighted by Crippen LogP contribution is -2.48. The minimum Gasteiger partial charge on any atom is -0.426 e. The maximum absolute atomic E-state index is 12.8. The molecule has 1 aliphatic heterocycles. The Kier molecular flexibility index (Phi) is 4.72. The van der Waals surface area contributed by atoms with Crippen LogP contribution in [0.2, 0.25) is 19.6 Å². The lowest BCUT2D eigenvalue weighted by Gasteiger charge is -2.47. The number of benzene rings is 3. The first-order valence-electron chi connectivity index (χ1n) is 10.8. The highest BCUT2D eigenvalue weighted by molar-refractivity contribution is 6.69. The highest BCUT2D eigenvalue weighted by Gasteiger charge is 2.51. The molecule has 0 saturated heterocycles. The summed E-state index contributed by atoms with van der Waals surface area (Å²) < 4.78 is 12.9. The molecule has 0 radical (unpaired) electrons. The van der Waals surface area contributed by atoms with E-state index in [9.17, 15) is 4.79 Å². The molecular weight excluding hydrogens is 400 g/mol. The number of ether oxygens (including phenoxy) is 1. The molecule has 5 rings (SSSR count). The molecule has 0 bridgehead atoms. The molecule has 3 aromatic rings. The number of esters is 1. The minimum absolute atomic E-state index is 0.195. The van der Waals surface area contributed by atoms with Gasteiger partial charge in [-0.15, -0.1) is 0 Å². The van der Waals surface area contributed by atoms with Crippen molar-refractivity contribution < 1.29 is 14.0 Å². The van der Waals surface area contributed by atoms with E-state index in [1.54, 1.807) is 0 Å². The highest BCUT2D eigenvalue weighted by Crippen LogP contribution is 2.55. The zero-order chi connectivity index (χ0) is 21.6. The van der Waals surface area contributed by atoms with Crippen LogP contribution < -0.4 is 4.74 Å². The van der Waals surface area contributed by atoms with Crippen LogP contribution in [-0.2, 0) is 14.8 Å². The summed E-state index contributed by atoms with van der Waals surface area (Å²) in [6.07, 6.45) is 4.59. The fourth-order valence-corrected chi connectivity index (χ4v) is 6.32. The molecule has 1 aliphatic carbocycles. The molecule has 4 heteroatoms. The molecular formula is C27H26O3Si. The monoisotopic (exact) mass is 426 g/mol. The van der Waals surface area contributed by atoms with Crippen LogP contribution in [0, 0.1) is 0 Å². The average Bonchev–Trinajstić information content (AvgIpc) is 2.88. The minimum atomic E-state index is -2.08. The number of fused-ring (bicyclic) bond motifs is 3. The van der Waals surface area contributed by atoms with Gasteiger partial charge in [0.1, 0.15) is 11.4 Å². The zero-order valence-electron chi connectivity index (χ0n) is 18.1. The summed E-state index contributed by atoms with van der Waals surface area (Å²) >= 11 is 0. The van der Waals surface area contributed by atoms with E-state index in [1.165, 1.54) is 0 Å². The summed E-state index contributed by atoms with van der Waals surface area (Å²) in [4.78, 5) is 12.8. The van der Waals surface area contributed by atoms with Crippen LogP contribution in [0.1, 0.15) is 40.2 Å². The second-order valence-electron chi connectivity index (χ2n) is 9.23. The summed E-state index contributed by atoms with van der Waals surface area (Å²) in [7, 11) is -2.08. The first kappa shape index (κ1) is 20.0. The number of hydrogen-bond donors (Lipinski definition) is 0. The van der Waals surface area contributed by atoms with Gasteiger partial charge in [-0.2, -0.15) is 0 Å². The van der Waals surface area contributed by atoms with Gasteiger partial charge in [-0.05, 0) is 48.0 Å². The van der Waals surface area contributed by atoms with Gasteiger partial charge in [0.05, 0.1) is 6.42 Å². The van der Waals surface area contributed by atoms with Crippen molar-refractivity contribution in [3.8, 4) is 5.75 Å². The van der Waals surface area contributed by atoms with Crippen molar-refractivity contribution >= 4 is 26.4 Å². The maximum Gasteiger partial charge on any atom is 0.311 e. The van der Waals surface area contributed by atoms with Crippen LogP contribution in [-0.4, -0.2) is 14.3 Å². The molecule has 156 valence electrons. The van der Waals surface area contributed by atoms with Crippen LogP contribution in [0.4, 0.5) is 0 Å². The first-order valence-corrected chi connectivity index (χ1v) is 14.2. The fourth-order valence-electron chi connectivity index (χ4n) is 4.99. The van der Waals surface area contributed by atoms with Gasteiger partial charge in [-0.1, -0.05) is 78.9 Å². The normalized spacial score (nSPS) is 18.9. The lowest BCUT2D eigenvalue weighted by molar-refractivity contribution is -0.137. The second kappa shape index (κ2) is 7.33. The lowest BCUT2D eigenvalue weighted by atomic mass is 9.69. The van der Waals surface area contributed by atoms with Crippen molar-refractivity contribution in [1.29, 1.82) is 0 Å². The Morgan fingerprint density at radius 3 is 2.00 bits per heavy atom. The Morgan fingerprint density at radius 2 is 1.39 bits per heavy atom. The smallest absolute Gasteiger partial charge is 0.311 e. The van der Waals surface area contributed by atoms with Crippen molar-refractivity contribution in [3.05, 3.63) is 101 Å². The molecule has 31 heavy (non-hydrogen) atoms. The van der Waals surface area contributed by atoms with Gasteiger partial charge in [-0.3, -0.25) is 4.79 Å². The maximum atomic E-state index is 12.8. The molecule has 3 aromatic carbocycles. The summed E-state index contributed by atoms with van der Waals surface area (Å²) in [6, 6.07) is 24.7. The third-order valence-corrected chi connectivity index (χ3v) is 6.95. The molecule has 0 aromatic heterocycles. The van der Waals surface area contributed by atoms with E-state index >= 15 is 0 Å². The summed E-state index contributed by atoms with van der Waals surface area (Å²) in [6.45, 7) is 6.64. The molecule has 0 spiro atoms. The zero-order valence-corrected chi connectivity index (χ0v) is 19.1. The Bertz CT molecular complexity index is 1140. The van der Waals surface area contributed by atoms with E-state index < -0.39 is 13.9 Å². The Labute approximate surface area is 184 Å². The van der Waals surface area contributed by atoms with E-state index in [0.717, 1.165) is 27.8 Å². The van der Waals surface area contributed by atoms with Gasteiger partial charge in [0, 0.05) is 11.5 Å². The third-order valence-electron chi connectivity index (χ3n) is 6.01. The molecule has 1 atom stereocenters. The molecule has 0 unspecified atom stereocenters. The van der Waals surface area contributed by atoms with Crippen molar-refractivity contribution in [3.63, 3.8) is 0 Å². The van der Waals surface area contributed by atoms with Crippen LogP contribution in [0.5, 0.6) is 5.75 Å². The molecule has 0 amide bonds. The average molecular weight is 427 g/mol. The van der Waals surface area contributed by atoms with E-state index in [4.69, 9.17) is 9.16 Å². The number of rotatable bonds is 3. The summed E-state index contributed by atoms with van der Waals surface area (Å²) in [5.74, 6) is 0.225. The van der Waals surface area contributed by atoms with Crippen LogP contribution >= 0.6 is 0 Å². The van der Waals surface area contributed by atoms with Crippen LogP contribution in [0.15, 0.2) is 72.8 Å². The van der Waals surface area contributed by atoms with Crippen molar-refractivity contribution in [2.24, 2.45) is 0 Å². The van der Waals surface area contributed by atoms with Gasteiger partial charge in [-0.25, -0.2) is 0 Å². The second-order valence-corrected chi connectivity index (χ2v) is 13.7. The Balaban J connectivity index is 1.90. The van der Waals surface area contributed by atoms with Crippen molar-refractivity contribution in [2.45, 2.75) is 37.6 Å². The number of hydrogen-bond acceptors (Lipinski definition) is 3. The van der Waals surface area contributed by atoms with E-state index in [-0.39, 0.29) is 18.3 Å². The predicted octanol–water partition coefficient (Wildman–Crippen LogP) is 6.36. The summed E-state index contributed by atoms with van der Waals surface area (Å²) in [5, 5.41) is 0. The SMILES string of the molecule is C[Si](C)(C)OC1([C@@H]2CC(=O)Oc3ccccc32)c2ccccc2C=Cc2ccccc21. The topological polar surface area (TPSA) is 35.5 Å². The standard InChI is InChI=1S/C27H26O3Si/c1-31(2,3)30-27(24-18-26(28)29-25-15-9-6-12-21(24)25)22-13-7-4-10-19(22)16-17-20-11-5-8-14-23(20)27/h4-17,24H,18H2,1-3H3/t24-/m1/s1. The van der Waals surface area contributed by atoms with Gasteiger partial charge in [0.25, 0.3) is 0 Å². The highest BCUT2D eigenvalue weighted by atomic mass is 28.4. The molecule has 3 nitrogen and oxygen atoms in total. The molecule has 1 heterocycles. The quantitative estimate of drug-likeness (QED) is 0.278. The van der Waals surface area contributed by atoms with Gasteiger partial charge < -0.3 is 9.16 Å². The number of carbonyl (C=O) groups excluding carboxylic acids is 1. The largest absolute Gasteiger partial charge is 0.426 e. The van der Waals surface area contributed by atoms with Crippen molar-refractivity contribution in [1.82, 2.24) is 0 Å². The molecule has 2 aliphatic rings. The van der Waals surface area contributed by atoms with E-state index in [1.807, 2.05) is 18.2 Å². The molecule has 0 fully saturated rings. The Hall–Kier alpha value is -2.95. The van der Waals surface area contributed by atoms with Crippen molar-refractivity contribution in [2.75, 3.05) is 0 Å². The molecule has 0 N–H and O–H groups in total. The number of para-hydroxylation sites is 1. The summed E-state index contributed by atoms with van der Waals surface area (Å²) in [5.41, 5.74) is 4.67. The van der Waals surface area contributed by atoms with Crippen LogP contribution in [0.3, 0.4) is 0 Å². The van der Waals surface area contributed by atoms with E-state index in [2.05, 4.69) is 86.4 Å². The van der Waals surface area contributed by atoms with Gasteiger partial charge in [0.2, 0.25) is 0 Å². The van der Waals surface area contributed by atoms with E-state index in [0.29, 0.717) is 5.75 Å².